The van der Waals surface area contributed by atoms with E-state index in [1.807, 2.05) is 0 Å². The lowest BCUT2D eigenvalue weighted by molar-refractivity contribution is -0.148. The van der Waals surface area contributed by atoms with Crippen LogP contribution in [0.2, 0.25) is 0 Å². The molecule has 0 rings (SSSR count). The smallest absolute Gasteiger partial charge is 0.265 e. The fourth-order valence-electron chi connectivity index (χ4n) is 1.19. The molecule has 2 amide bonds. The largest absolute Gasteiger partial charge is 0.396 e. The van der Waals surface area contributed by atoms with Crippen LogP contribution in [0.25, 0.3) is 0 Å². The highest BCUT2D eigenvalue weighted by Gasteiger charge is 2.35. The number of hydrogen-bond acceptors (Lipinski definition) is 6. The Morgan fingerprint density at radius 2 is 2.05 bits per heavy atom. The van der Waals surface area contributed by atoms with Crippen LogP contribution in [0.15, 0.2) is 0 Å². The van der Waals surface area contributed by atoms with Crippen LogP contribution in [0, 0.1) is 5.41 Å². The molecule has 0 unspecified atom stereocenters. The quantitative estimate of drug-likeness (QED) is 0.162. The highest BCUT2D eigenvalue weighted by atomic mass is 32.1. The maximum Gasteiger partial charge on any atom is 0.265 e. The molecule has 0 saturated carbocycles. The van der Waals surface area contributed by atoms with Gasteiger partial charge in [0.25, 0.3) is 5.91 Å². The second-order valence-corrected chi connectivity index (χ2v) is 5.35. The molecule has 0 aliphatic heterocycles. The lowest BCUT2D eigenvalue weighted by atomic mass is 9.87. The minimum atomic E-state index is -1.41. The molecule has 0 aromatic rings. The van der Waals surface area contributed by atoms with Crippen LogP contribution in [0.5, 0.6) is 0 Å². The number of carbonyl (C=O) groups excluding carboxylic acids is 2. The molecule has 0 aliphatic carbocycles. The number of nitrogens with two attached hydrogens (primary N) is 1. The first-order valence-electron chi connectivity index (χ1n) is 5.98. The molecule has 0 radical (unpaired) electrons. The summed E-state index contributed by atoms with van der Waals surface area (Å²) >= 11 is 3.95. The summed E-state index contributed by atoms with van der Waals surface area (Å²) in [6.45, 7) is 3.18. The number of nitrogens with zero attached hydrogens (tertiary/aromatic N) is 1. The Morgan fingerprint density at radius 1 is 1.47 bits per heavy atom. The summed E-state index contributed by atoms with van der Waals surface area (Å²) in [7, 11) is 0. The van der Waals surface area contributed by atoms with Crippen molar-refractivity contribution in [2.45, 2.75) is 26.4 Å². The SMILES string of the molecule is CC(C)(CO)[C@@H](O)C(=O)N(N)CCC(=O)NCCS. The first-order valence-corrected chi connectivity index (χ1v) is 6.62. The average molecular weight is 293 g/mol. The van der Waals surface area contributed by atoms with Gasteiger partial charge in [0.1, 0.15) is 6.10 Å². The Bertz CT molecular complexity index is 312. The fraction of sp³-hybridized carbons (Fsp3) is 0.818. The Labute approximate surface area is 118 Å². The van der Waals surface area contributed by atoms with E-state index in [4.69, 9.17) is 10.9 Å². The number of amides is 2. The number of nitrogens with one attached hydrogen (secondary N) is 1. The van der Waals surface area contributed by atoms with E-state index in [0.29, 0.717) is 12.3 Å². The highest BCUT2D eigenvalue weighted by Crippen LogP contribution is 2.20. The molecule has 0 aliphatic rings. The second kappa shape index (κ2) is 8.36. The van der Waals surface area contributed by atoms with Gasteiger partial charge >= 0.3 is 0 Å². The number of thiol groups is 1. The van der Waals surface area contributed by atoms with Crippen LogP contribution in [0.1, 0.15) is 20.3 Å². The van der Waals surface area contributed by atoms with Crippen LogP contribution in [0.3, 0.4) is 0 Å². The lowest BCUT2D eigenvalue weighted by Gasteiger charge is -2.30. The van der Waals surface area contributed by atoms with Crippen LogP contribution >= 0.6 is 12.6 Å². The van der Waals surface area contributed by atoms with Crippen molar-refractivity contribution in [2.24, 2.45) is 11.3 Å². The van der Waals surface area contributed by atoms with Gasteiger partial charge in [-0.1, -0.05) is 13.8 Å². The third kappa shape index (κ3) is 6.24. The van der Waals surface area contributed by atoms with Gasteiger partial charge in [-0.25, -0.2) is 5.84 Å². The van der Waals surface area contributed by atoms with Crippen molar-refractivity contribution in [2.75, 3.05) is 25.4 Å². The Balaban J connectivity index is 4.24. The van der Waals surface area contributed by atoms with Crippen molar-refractivity contribution >= 4 is 24.4 Å². The maximum absolute atomic E-state index is 11.8. The first kappa shape index (κ1) is 18.2. The number of hydrazine groups is 1. The van der Waals surface area contributed by atoms with Gasteiger partial charge in [0.05, 0.1) is 6.61 Å². The van der Waals surface area contributed by atoms with Crippen LogP contribution in [0.4, 0.5) is 0 Å². The molecule has 0 saturated heterocycles. The standard InChI is InChI=1S/C11H23N3O4S/c1-11(2,7-15)9(17)10(18)14(12)5-3-8(16)13-4-6-19/h9,15,17,19H,3-7,12H2,1-2H3,(H,13,16)/t9-/m0/s1. The Morgan fingerprint density at radius 3 is 2.53 bits per heavy atom. The predicted molar refractivity (Wildman–Crippen MR) is 74.3 cm³/mol. The summed E-state index contributed by atoms with van der Waals surface area (Å²) < 4.78 is 0. The van der Waals surface area contributed by atoms with E-state index in [-0.39, 0.29) is 25.5 Å². The van der Waals surface area contributed by atoms with Gasteiger partial charge < -0.3 is 15.5 Å². The average Bonchev–Trinajstić information content (AvgIpc) is 2.40. The fourth-order valence-corrected chi connectivity index (χ4v) is 1.31. The molecule has 0 heterocycles. The molecule has 0 fully saturated rings. The van der Waals surface area contributed by atoms with Crippen molar-refractivity contribution in [3.05, 3.63) is 0 Å². The zero-order chi connectivity index (χ0) is 15.1. The zero-order valence-electron chi connectivity index (χ0n) is 11.3. The molecule has 0 spiro atoms. The van der Waals surface area contributed by atoms with Gasteiger partial charge in [0.2, 0.25) is 5.91 Å². The molecular formula is C11H23N3O4S. The summed E-state index contributed by atoms with van der Waals surface area (Å²) in [5.74, 6) is 5.06. The summed E-state index contributed by atoms with van der Waals surface area (Å²) in [4.78, 5) is 23.1. The number of aliphatic hydroxyl groups is 2. The number of hydrogen-bond donors (Lipinski definition) is 5. The number of carbonyl (C=O) groups is 2. The van der Waals surface area contributed by atoms with Gasteiger partial charge in [0.15, 0.2) is 0 Å². The molecule has 19 heavy (non-hydrogen) atoms. The molecule has 5 N–H and O–H groups in total. The number of aliphatic hydroxyl groups excluding tert-OH is 2. The summed E-state index contributed by atoms with van der Waals surface area (Å²) in [6.07, 6.45) is -1.37. The highest BCUT2D eigenvalue weighted by molar-refractivity contribution is 7.80. The predicted octanol–water partition coefficient (Wildman–Crippen LogP) is -1.50. The molecule has 7 nitrogen and oxygen atoms in total. The van der Waals surface area contributed by atoms with Crippen molar-refractivity contribution in [1.82, 2.24) is 10.3 Å². The summed E-state index contributed by atoms with van der Waals surface area (Å²) in [6, 6.07) is 0. The topological polar surface area (TPSA) is 116 Å². The third-order valence-corrected chi connectivity index (χ3v) is 2.90. The second-order valence-electron chi connectivity index (χ2n) is 4.90. The van der Waals surface area contributed by atoms with E-state index in [0.717, 1.165) is 5.01 Å². The first-order chi connectivity index (χ1) is 8.76. The minimum absolute atomic E-state index is 0.00416. The monoisotopic (exact) mass is 293 g/mol. The van der Waals surface area contributed by atoms with Gasteiger partial charge in [0, 0.05) is 30.7 Å². The van der Waals surface area contributed by atoms with E-state index < -0.39 is 17.4 Å². The van der Waals surface area contributed by atoms with E-state index >= 15 is 0 Å². The molecule has 0 aromatic carbocycles. The van der Waals surface area contributed by atoms with Gasteiger partial charge in [-0.2, -0.15) is 12.6 Å². The van der Waals surface area contributed by atoms with Crippen molar-refractivity contribution in [3.63, 3.8) is 0 Å². The molecule has 0 aromatic heterocycles. The van der Waals surface area contributed by atoms with Crippen LogP contribution < -0.4 is 11.2 Å². The van der Waals surface area contributed by atoms with Crippen molar-refractivity contribution < 1.29 is 19.8 Å². The normalized spacial score (nSPS) is 12.9. The van der Waals surface area contributed by atoms with E-state index in [9.17, 15) is 14.7 Å². The summed E-state index contributed by atoms with van der Waals surface area (Å²) in [5, 5.41) is 22.2. The van der Waals surface area contributed by atoms with Gasteiger partial charge in [-0.3, -0.25) is 14.6 Å². The minimum Gasteiger partial charge on any atom is -0.396 e. The van der Waals surface area contributed by atoms with Crippen LogP contribution in [-0.2, 0) is 9.59 Å². The Kier molecular flexibility index (Phi) is 8.00. The summed E-state index contributed by atoms with van der Waals surface area (Å²) in [5.41, 5.74) is -0.983. The van der Waals surface area contributed by atoms with Crippen LogP contribution in [-0.4, -0.2) is 58.6 Å². The molecule has 8 heteroatoms. The van der Waals surface area contributed by atoms with E-state index in [1.165, 1.54) is 0 Å². The maximum atomic E-state index is 11.8. The Hall–Kier alpha value is -0.830. The lowest BCUT2D eigenvalue weighted by Crippen LogP contribution is -2.51. The molecule has 1 atom stereocenters. The van der Waals surface area contributed by atoms with Crippen molar-refractivity contribution in [1.29, 1.82) is 0 Å². The van der Waals surface area contributed by atoms with Gasteiger partial charge in [-0.15, -0.1) is 0 Å². The number of rotatable bonds is 8. The molecule has 0 bridgehead atoms. The van der Waals surface area contributed by atoms with Gasteiger partial charge in [-0.05, 0) is 0 Å². The van der Waals surface area contributed by atoms with E-state index in [1.54, 1.807) is 13.8 Å². The third-order valence-electron chi connectivity index (χ3n) is 2.68. The molecule has 112 valence electrons. The van der Waals surface area contributed by atoms with E-state index in [2.05, 4.69) is 17.9 Å². The molecular weight excluding hydrogens is 270 g/mol. The zero-order valence-corrected chi connectivity index (χ0v) is 12.2. The van der Waals surface area contributed by atoms with Crippen molar-refractivity contribution in [3.8, 4) is 0 Å².